The van der Waals surface area contributed by atoms with Crippen molar-refractivity contribution in [3.63, 3.8) is 0 Å². The van der Waals surface area contributed by atoms with Crippen LogP contribution in [0.15, 0.2) is 54.6 Å². The third-order valence-electron chi connectivity index (χ3n) is 8.12. The fraction of sp³-hybridized carbons (Fsp3) is 0.471. The van der Waals surface area contributed by atoms with E-state index >= 15 is 4.39 Å². The molecular weight excluding hydrogens is 481 g/mol. The van der Waals surface area contributed by atoms with Gasteiger partial charge < -0.3 is 4.74 Å². The second-order valence-corrected chi connectivity index (χ2v) is 11.0. The maximum absolute atomic E-state index is 15.1. The number of aryl methyl sites for hydroxylation is 2. The SMILES string of the molecule is CCCCCCCOc1ccc(CCC2CCC(c3ccc(-c4ccc(C)cc4)c(F)c3F)CC2)c(F)c1. The first-order valence-corrected chi connectivity index (χ1v) is 14.4. The molecule has 1 saturated carbocycles. The number of ether oxygens (including phenoxy) is 1. The van der Waals surface area contributed by atoms with Gasteiger partial charge in [0.05, 0.1) is 6.61 Å². The highest BCUT2D eigenvalue weighted by Gasteiger charge is 2.26. The Morgan fingerprint density at radius 2 is 1.53 bits per heavy atom. The summed E-state index contributed by atoms with van der Waals surface area (Å²) in [6, 6.07) is 16.2. The maximum Gasteiger partial charge on any atom is 0.166 e. The molecule has 0 atom stereocenters. The molecule has 4 heteroatoms. The summed E-state index contributed by atoms with van der Waals surface area (Å²) in [5, 5.41) is 0. The molecule has 0 bridgehead atoms. The van der Waals surface area contributed by atoms with Crippen LogP contribution in [0.2, 0.25) is 0 Å². The van der Waals surface area contributed by atoms with Crippen LogP contribution in [0.1, 0.15) is 93.7 Å². The summed E-state index contributed by atoms with van der Waals surface area (Å²) in [5.41, 5.74) is 3.30. The van der Waals surface area contributed by atoms with E-state index in [-0.39, 0.29) is 11.7 Å². The minimum atomic E-state index is -0.757. The van der Waals surface area contributed by atoms with Gasteiger partial charge in [-0.1, -0.05) is 80.6 Å². The van der Waals surface area contributed by atoms with Crippen molar-refractivity contribution in [3.05, 3.63) is 88.7 Å². The molecule has 0 unspecified atom stereocenters. The highest BCUT2D eigenvalue weighted by molar-refractivity contribution is 5.65. The van der Waals surface area contributed by atoms with Gasteiger partial charge in [-0.05, 0) is 86.5 Å². The Morgan fingerprint density at radius 1 is 0.789 bits per heavy atom. The molecule has 0 amide bonds. The standard InChI is InChI=1S/C34H41F3O/c1-3-4-5-6-7-22-38-29-19-18-28(32(35)23-29)17-12-25-10-15-27(16-11-25)31-21-20-30(33(36)34(31)37)26-13-8-24(2)9-14-26/h8-9,13-14,18-21,23,25,27H,3-7,10-12,15-17,22H2,1-2H3. The predicted molar refractivity (Wildman–Crippen MR) is 150 cm³/mol. The maximum atomic E-state index is 15.1. The molecule has 0 aliphatic heterocycles. The van der Waals surface area contributed by atoms with Gasteiger partial charge in [0.1, 0.15) is 11.6 Å². The smallest absolute Gasteiger partial charge is 0.166 e. The normalized spacial score (nSPS) is 17.5. The van der Waals surface area contributed by atoms with Gasteiger partial charge in [0.15, 0.2) is 11.6 Å². The number of hydrogen-bond acceptors (Lipinski definition) is 1. The van der Waals surface area contributed by atoms with Crippen molar-refractivity contribution in [2.45, 2.75) is 90.4 Å². The first-order valence-electron chi connectivity index (χ1n) is 14.4. The third kappa shape index (κ3) is 7.42. The molecule has 1 fully saturated rings. The van der Waals surface area contributed by atoms with Crippen molar-refractivity contribution in [3.8, 4) is 16.9 Å². The van der Waals surface area contributed by atoms with Gasteiger partial charge in [0.25, 0.3) is 0 Å². The monoisotopic (exact) mass is 522 g/mol. The minimum absolute atomic E-state index is 0.0305. The second kappa shape index (κ2) is 13.9. The van der Waals surface area contributed by atoms with Crippen LogP contribution >= 0.6 is 0 Å². The lowest BCUT2D eigenvalue weighted by molar-refractivity contribution is 0.300. The molecule has 1 aliphatic rings. The van der Waals surface area contributed by atoms with E-state index in [4.69, 9.17) is 4.74 Å². The first-order chi connectivity index (χ1) is 18.5. The molecule has 3 aromatic carbocycles. The molecule has 0 saturated heterocycles. The lowest BCUT2D eigenvalue weighted by Gasteiger charge is -2.29. The summed E-state index contributed by atoms with van der Waals surface area (Å²) < 4.78 is 50.4. The molecule has 3 aromatic rings. The van der Waals surface area contributed by atoms with Gasteiger partial charge in [-0.3, -0.25) is 0 Å². The molecule has 0 spiro atoms. The fourth-order valence-corrected chi connectivity index (χ4v) is 5.67. The van der Waals surface area contributed by atoms with Crippen molar-refractivity contribution >= 4 is 0 Å². The van der Waals surface area contributed by atoms with E-state index in [9.17, 15) is 8.78 Å². The van der Waals surface area contributed by atoms with Crippen LogP contribution in [0.5, 0.6) is 5.75 Å². The lowest BCUT2D eigenvalue weighted by Crippen LogP contribution is -2.16. The van der Waals surface area contributed by atoms with Crippen LogP contribution in [-0.4, -0.2) is 6.61 Å². The molecule has 204 valence electrons. The van der Waals surface area contributed by atoms with Gasteiger partial charge in [0.2, 0.25) is 0 Å². The topological polar surface area (TPSA) is 9.23 Å². The molecule has 0 radical (unpaired) electrons. The van der Waals surface area contributed by atoms with Crippen molar-refractivity contribution in [1.82, 2.24) is 0 Å². The Morgan fingerprint density at radius 3 is 2.24 bits per heavy atom. The summed E-state index contributed by atoms with van der Waals surface area (Å²) in [6.45, 7) is 4.80. The average Bonchev–Trinajstić information content (AvgIpc) is 2.93. The zero-order valence-electron chi connectivity index (χ0n) is 22.9. The van der Waals surface area contributed by atoms with Gasteiger partial charge in [0, 0.05) is 11.6 Å². The Hall–Kier alpha value is -2.75. The van der Waals surface area contributed by atoms with Crippen molar-refractivity contribution in [1.29, 1.82) is 0 Å². The fourth-order valence-electron chi connectivity index (χ4n) is 5.67. The Balaban J connectivity index is 1.25. The van der Waals surface area contributed by atoms with E-state index in [1.807, 2.05) is 43.3 Å². The highest BCUT2D eigenvalue weighted by Crippen LogP contribution is 2.40. The van der Waals surface area contributed by atoms with E-state index in [2.05, 4.69) is 6.92 Å². The number of benzene rings is 3. The number of halogens is 3. The van der Waals surface area contributed by atoms with Crippen LogP contribution in [0.25, 0.3) is 11.1 Å². The predicted octanol–water partition coefficient (Wildman–Crippen LogP) is 10.3. The number of unbranched alkanes of at least 4 members (excludes halogenated alkanes) is 4. The quantitative estimate of drug-likeness (QED) is 0.215. The first kappa shape index (κ1) is 28.3. The molecule has 4 rings (SSSR count). The number of rotatable bonds is 12. The van der Waals surface area contributed by atoms with Crippen molar-refractivity contribution < 1.29 is 17.9 Å². The molecule has 1 nitrogen and oxygen atoms in total. The summed E-state index contributed by atoms with van der Waals surface area (Å²) in [7, 11) is 0. The van der Waals surface area contributed by atoms with Crippen LogP contribution in [-0.2, 0) is 6.42 Å². The molecular formula is C34H41F3O. The van der Waals surface area contributed by atoms with Gasteiger partial charge in [-0.25, -0.2) is 13.2 Å². The van der Waals surface area contributed by atoms with Crippen LogP contribution in [0.3, 0.4) is 0 Å². The van der Waals surface area contributed by atoms with E-state index in [0.29, 0.717) is 41.4 Å². The van der Waals surface area contributed by atoms with Gasteiger partial charge in [-0.2, -0.15) is 0 Å². The lowest BCUT2D eigenvalue weighted by atomic mass is 9.76. The molecule has 38 heavy (non-hydrogen) atoms. The van der Waals surface area contributed by atoms with Crippen molar-refractivity contribution in [2.75, 3.05) is 6.61 Å². The summed E-state index contributed by atoms with van der Waals surface area (Å²) >= 11 is 0. The molecule has 1 aliphatic carbocycles. The number of hydrogen-bond donors (Lipinski definition) is 0. The molecule has 0 heterocycles. The van der Waals surface area contributed by atoms with E-state index in [1.165, 1.54) is 25.3 Å². The Kier molecular flexibility index (Phi) is 10.3. The van der Waals surface area contributed by atoms with E-state index < -0.39 is 11.6 Å². The van der Waals surface area contributed by atoms with Gasteiger partial charge in [-0.15, -0.1) is 0 Å². The molecule has 0 aromatic heterocycles. The van der Waals surface area contributed by atoms with Crippen molar-refractivity contribution in [2.24, 2.45) is 5.92 Å². The second-order valence-electron chi connectivity index (χ2n) is 11.0. The van der Waals surface area contributed by atoms with Crippen LogP contribution in [0.4, 0.5) is 13.2 Å². The van der Waals surface area contributed by atoms with E-state index in [1.54, 1.807) is 12.1 Å². The largest absolute Gasteiger partial charge is 0.493 e. The van der Waals surface area contributed by atoms with Crippen LogP contribution in [0, 0.1) is 30.3 Å². The Bertz CT molecular complexity index is 1160. The zero-order valence-corrected chi connectivity index (χ0v) is 22.9. The van der Waals surface area contributed by atoms with E-state index in [0.717, 1.165) is 56.1 Å². The zero-order chi connectivity index (χ0) is 26.9. The summed E-state index contributed by atoms with van der Waals surface area (Å²) in [5.74, 6) is -0.560. The summed E-state index contributed by atoms with van der Waals surface area (Å²) in [4.78, 5) is 0. The Labute approximate surface area is 226 Å². The minimum Gasteiger partial charge on any atom is -0.493 e. The average molecular weight is 523 g/mol. The van der Waals surface area contributed by atoms with Crippen LogP contribution < -0.4 is 4.74 Å². The summed E-state index contributed by atoms with van der Waals surface area (Å²) in [6.07, 6.45) is 11.0. The third-order valence-corrected chi connectivity index (χ3v) is 8.12. The molecule has 0 N–H and O–H groups in total. The highest BCUT2D eigenvalue weighted by atomic mass is 19.2. The van der Waals surface area contributed by atoms with Gasteiger partial charge >= 0.3 is 0 Å².